The molecular weight excluding hydrogens is 597 g/mol. The van der Waals surface area contributed by atoms with Crippen LogP contribution in [0.2, 0.25) is 0 Å². The largest absolute Gasteiger partial charge is 0.250 e. The summed E-state index contributed by atoms with van der Waals surface area (Å²) in [5.41, 5.74) is 16.0. The van der Waals surface area contributed by atoms with Gasteiger partial charge in [-0.2, -0.15) is 0 Å². The molecule has 0 amide bonds. The highest BCUT2D eigenvalue weighted by atomic mass is 14.8. The molecule has 0 saturated heterocycles. The molecule has 2 aliphatic carbocycles. The van der Waals surface area contributed by atoms with Crippen LogP contribution < -0.4 is 0 Å². The molecule has 0 N–H and O–H groups in total. The third-order valence-corrected chi connectivity index (χ3v) is 9.79. The quantitative estimate of drug-likeness (QED) is 0.195. The van der Waals surface area contributed by atoms with E-state index in [4.69, 9.17) is 19.9 Å². The van der Waals surface area contributed by atoms with E-state index < -0.39 is 0 Å². The molecule has 0 radical (unpaired) electrons. The molecule has 0 spiro atoms. The smallest absolute Gasteiger partial charge is 0.0969 e. The zero-order chi connectivity index (χ0) is 32.7. The number of hydrogen-bond donors (Lipinski definition) is 0. The summed E-state index contributed by atoms with van der Waals surface area (Å²) in [6, 6.07) is 38.2. The Morgan fingerprint density at radius 2 is 1.35 bits per heavy atom. The van der Waals surface area contributed by atoms with Crippen LogP contribution in [0.1, 0.15) is 47.0 Å². The van der Waals surface area contributed by atoms with E-state index in [0.29, 0.717) is 5.92 Å². The van der Waals surface area contributed by atoms with E-state index in [1.165, 1.54) is 22.3 Å². The number of pyridine rings is 3. The van der Waals surface area contributed by atoms with Crippen molar-refractivity contribution in [1.29, 1.82) is 0 Å². The second-order valence-corrected chi connectivity index (χ2v) is 13.0. The zero-order valence-electron chi connectivity index (χ0n) is 27.3. The Morgan fingerprint density at radius 1 is 0.612 bits per heavy atom. The Bertz CT molecular complexity index is 2410. The summed E-state index contributed by atoms with van der Waals surface area (Å²) in [5, 5.41) is 1.11. The van der Waals surface area contributed by atoms with Crippen LogP contribution in [-0.4, -0.2) is 20.7 Å². The van der Waals surface area contributed by atoms with Crippen molar-refractivity contribution in [3.8, 4) is 22.6 Å². The van der Waals surface area contributed by atoms with E-state index in [1.54, 1.807) is 0 Å². The minimum atomic E-state index is 0.349. The highest BCUT2D eigenvalue weighted by Crippen LogP contribution is 2.38. The van der Waals surface area contributed by atoms with Gasteiger partial charge in [0.15, 0.2) is 0 Å². The first-order valence-corrected chi connectivity index (χ1v) is 17.1. The van der Waals surface area contributed by atoms with Gasteiger partial charge >= 0.3 is 0 Å². The van der Waals surface area contributed by atoms with Crippen LogP contribution >= 0.6 is 0 Å². The molecule has 49 heavy (non-hydrogen) atoms. The van der Waals surface area contributed by atoms with Crippen LogP contribution in [0.25, 0.3) is 50.8 Å². The molecule has 3 aromatic carbocycles. The van der Waals surface area contributed by atoms with Crippen molar-refractivity contribution < 1.29 is 0 Å². The summed E-state index contributed by atoms with van der Waals surface area (Å²) in [7, 11) is 0. The molecule has 0 bridgehead atoms. The lowest BCUT2D eigenvalue weighted by molar-refractivity contribution is 0.756. The lowest BCUT2D eigenvalue weighted by Gasteiger charge is -2.23. The molecule has 1 aliphatic heterocycles. The van der Waals surface area contributed by atoms with Gasteiger partial charge in [0.2, 0.25) is 0 Å². The Labute approximate surface area is 286 Å². The van der Waals surface area contributed by atoms with E-state index in [2.05, 4.69) is 147 Å². The van der Waals surface area contributed by atoms with Gasteiger partial charge < -0.3 is 0 Å². The SMILES string of the molecule is C[C@H]1Cc2ccc3ccc(C4=CC=CC(c5ccc6c(n5)-c5nc(-c7ccccc7)ccc5C=CC6)=CC4)nc3c2N=C1c1ccccc1. The van der Waals surface area contributed by atoms with E-state index in [-0.39, 0.29) is 0 Å². The number of aromatic nitrogens is 3. The van der Waals surface area contributed by atoms with Crippen LogP contribution in [0.15, 0.2) is 145 Å². The van der Waals surface area contributed by atoms with Gasteiger partial charge in [0, 0.05) is 22.4 Å². The summed E-state index contributed by atoms with van der Waals surface area (Å²) in [5.74, 6) is 0.349. The number of hydrogen-bond acceptors (Lipinski definition) is 4. The van der Waals surface area contributed by atoms with E-state index in [9.17, 15) is 0 Å². The van der Waals surface area contributed by atoms with Crippen molar-refractivity contribution in [3.05, 3.63) is 173 Å². The third kappa shape index (κ3) is 5.45. The molecule has 234 valence electrons. The summed E-state index contributed by atoms with van der Waals surface area (Å²) < 4.78 is 0. The normalized spacial score (nSPS) is 16.4. The van der Waals surface area contributed by atoms with Gasteiger partial charge in [-0.15, -0.1) is 0 Å². The number of aliphatic imine (C=N–C) groups is 1. The lowest BCUT2D eigenvalue weighted by atomic mass is 9.88. The molecule has 9 rings (SSSR count). The van der Waals surface area contributed by atoms with Crippen molar-refractivity contribution in [1.82, 2.24) is 15.0 Å². The molecule has 0 saturated carbocycles. The molecule has 0 unspecified atom stereocenters. The average Bonchev–Trinajstić information content (AvgIpc) is 3.52. The zero-order valence-corrected chi connectivity index (χ0v) is 27.3. The summed E-state index contributed by atoms with van der Waals surface area (Å²) >= 11 is 0. The van der Waals surface area contributed by atoms with Crippen molar-refractivity contribution >= 4 is 39.5 Å². The van der Waals surface area contributed by atoms with Crippen LogP contribution in [0.4, 0.5) is 5.69 Å². The number of fused-ring (bicyclic) bond motifs is 6. The van der Waals surface area contributed by atoms with Gasteiger partial charge in [-0.1, -0.05) is 134 Å². The molecule has 4 heterocycles. The first-order chi connectivity index (χ1) is 24.2. The molecule has 1 atom stereocenters. The molecule has 6 aromatic rings. The molecule has 3 aromatic heterocycles. The minimum absolute atomic E-state index is 0.349. The van der Waals surface area contributed by atoms with E-state index in [1.807, 2.05) is 6.07 Å². The number of benzene rings is 3. The predicted octanol–water partition coefficient (Wildman–Crippen LogP) is 10.7. The van der Waals surface area contributed by atoms with Crippen molar-refractivity contribution in [2.75, 3.05) is 0 Å². The summed E-state index contributed by atoms with van der Waals surface area (Å²) in [6.07, 6.45) is 15.7. The molecule has 4 heteroatoms. The monoisotopic (exact) mass is 630 g/mol. The van der Waals surface area contributed by atoms with Crippen molar-refractivity contribution in [2.24, 2.45) is 10.9 Å². The predicted molar refractivity (Wildman–Crippen MR) is 203 cm³/mol. The highest BCUT2D eigenvalue weighted by molar-refractivity contribution is 6.07. The van der Waals surface area contributed by atoms with Gasteiger partial charge in [0.25, 0.3) is 0 Å². The van der Waals surface area contributed by atoms with Gasteiger partial charge in [0.1, 0.15) is 0 Å². The van der Waals surface area contributed by atoms with Gasteiger partial charge in [-0.3, -0.25) is 0 Å². The maximum Gasteiger partial charge on any atom is 0.0969 e. The number of rotatable bonds is 4. The fourth-order valence-electron chi connectivity index (χ4n) is 7.20. The summed E-state index contributed by atoms with van der Waals surface area (Å²) in [4.78, 5) is 20.9. The maximum atomic E-state index is 5.26. The fourth-order valence-corrected chi connectivity index (χ4v) is 7.20. The first-order valence-electron chi connectivity index (χ1n) is 17.1. The average molecular weight is 631 g/mol. The molecular formula is C45H34N4. The third-order valence-electron chi connectivity index (χ3n) is 9.79. The van der Waals surface area contributed by atoms with Crippen LogP contribution in [0.5, 0.6) is 0 Å². The van der Waals surface area contributed by atoms with Gasteiger partial charge in [-0.25, -0.2) is 19.9 Å². The standard InChI is InChI=1S/C45H34N4/c1-29-28-37-21-20-36-24-27-40(48-44(36)45(37)49-41(29)33-12-6-3-7-13-33)32-15-8-14-31(18-19-32)39-26-23-35-17-9-16-34-22-25-38(30-10-4-2-5-11-30)46-42(34)43(35)47-39/h2-16,18,20-27,29H,17,19,28H2,1H3/t29-/m0/s1. The Morgan fingerprint density at radius 3 is 2.20 bits per heavy atom. The van der Waals surface area contributed by atoms with Gasteiger partial charge in [0.05, 0.1) is 45.4 Å². The lowest BCUT2D eigenvalue weighted by Crippen LogP contribution is -2.18. The molecule has 0 fully saturated rings. The second kappa shape index (κ2) is 12.2. The highest BCUT2D eigenvalue weighted by Gasteiger charge is 2.23. The van der Waals surface area contributed by atoms with E-state index in [0.717, 1.165) is 86.7 Å². The minimum Gasteiger partial charge on any atom is -0.250 e. The maximum absolute atomic E-state index is 5.26. The molecule has 3 aliphatic rings. The first kappa shape index (κ1) is 29.2. The van der Waals surface area contributed by atoms with E-state index >= 15 is 0 Å². The van der Waals surface area contributed by atoms with Gasteiger partial charge in [-0.05, 0) is 65.3 Å². The summed E-state index contributed by atoms with van der Waals surface area (Å²) in [6.45, 7) is 2.27. The van der Waals surface area contributed by atoms with Crippen molar-refractivity contribution in [2.45, 2.75) is 26.2 Å². The Balaban J connectivity index is 1.05. The second-order valence-electron chi connectivity index (χ2n) is 13.0. The van der Waals surface area contributed by atoms with Crippen LogP contribution in [0.3, 0.4) is 0 Å². The number of allylic oxidation sites excluding steroid dienone is 7. The Hall–Kier alpha value is -6.00. The topological polar surface area (TPSA) is 51.0 Å². The number of nitrogens with zero attached hydrogens (tertiary/aromatic N) is 4. The fraction of sp³-hybridized carbons (Fsp3) is 0.111. The molecule has 4 nitrogen and oxygen atoms in total. The Kier molecular flexibility index (Phi) is 7.27. The van der Waals surface area contributed by atoms with Crippen LogP contribution in [0, 0.1) is 5.92 Å². The van der Waals surface area contributed by atoms with Crippen molar-refractivity contribution in [3.63, 3.8) is 0 Å². The van der Waals surface area contributed by atoms with Crippen LogP contribution in [-0.2, 0) is 12.8 Å².